The van der Waals surface area contributed by atoms with E-state index in [0.29, 0.717) is 0 Å². The number of aromatic nitrogens is 3. The summed E-state index contributed by atoms with van der Waals surface area (Å²) in [6.45, 7) is 0. The van der Waals surface area contributed by atoms with Gasteiger partial charge in [-0.05, 0) is 106 Å². The van der Waals surface area contributed by atoms with Crippen LogP contribution in [0, 0.1) is 0 Å². The first-order valence-electron chi connectivity index (χ1n) is 14.1. The van der Waals surface area contributed by atoms with Crippen molar-refractivity contribution in [3.8, 4) is 0 Å². The Kier molecular flexibility index (Phi) is 8.68. The van der Waals surface area contributed by atoms with Gasteiger partial charge in [0.2, 0.25) is 0 Å². The first kappa shape index (κ1) is 27.3. The van der Waals surface area contributed by atoms with E-state index in [1.807, 2.05) is 36.4 Å². The zero-order valence-electron chi connectivity index (χ0n) is 23.6. The number of hydrogen-bond acceptors (Lipinski definition) is 4. The molecule has 4 heteroatoms. The van der Waals surface area contributed by atoms with Crippen LogP contribution in [0.1, 0.15) is 33.4 Å². The first-order valence-corrected chi connectivity index (χ1v) is 14.1. The van der Waals surface area contributed by atoms with E-state index in [9.17, 15) is 0 Å². The molecule has 0 bridgehead atoms. The van der Waals surface area contributed by atoms with E-state index in [0.717, 1.165) is 50.4 Å². The summed E-state index contributed by atoms with van der Waals surface area (Å²) in [4.78, 5) is 14.6. The molecule has 6 aromatic rings. The quantitative estimate of drug-likeness (QED) is 0.178. The maximum atomic E-state index is 4.10. The number of hydrogen-bond donors (Lipinski definition) is 0. The van der Waals surface area contributed by atoms with E-state index in [1.54, 1.807) is 37.2 Å². The van der Waals surface area contributed by atoms with Crippen LogP contribution < -0.4 is 4.90 Å². The maximum Gasteiger partial charge on any atom is 0.0462 e. The SMILES string of the molecule is C(=Cc1ccc(N(c2ccc(C=Cc3ccncc3)cc2)c2ccc(C=Cc3ccncc3)cc2)cc1)c1ccncc1. The fourth-order valence-electron chi connectivity index (χ4n) is 4.65. The molecule has 3 heterocycles. The van der Waals surface area contributed by atoms with Gasteiger partial charge in [-0.2, -0.15) is 0 Å². The van der Waals surface area contributed by atoms with Gasteiger partial charge in [-0.3, -0.25) is 15.0 Å². The van der Waals surface area contributed by atoms with Gasteiger partial charge < -0.3 is 4.90 Å². The summed E-state index contributed by atoms with van der Waals surface area (Å²) < 4.78 is 0. The van der Waals surface area contributed by atoms with Gasteiger partial charge in [0.05, 0.1) is 0 Å². The normalized spacial score (nSPS) is 11.4. The van der Waals surface area contributed by atoms with E-state index in [-0.39, 0.29) is 0 Å². The lowest BCUT2D eigenvalue weighted by Gasteiger charge is -2.26. The van der Waals surface area contributed by atoms with Crippen LogP contribution in [-0.4, -0.2) is 15.0 Å². The Labute approximate surface area is 252 Å². The molecule has 43 heavy (non-hydrogen) atoms. The predicted octanol–water partition coefficient (Wildman–Crippen LogP) is 9.85. The lowest BCUT2D eigenvalue weighted by Crippen LogP contribution is -2.09. The van der Waals surface area contributed by atoms with Crippen LogP contribution in [0.25, 0.3) is 36.5 Å². The molecule has 0 fully saturated rings. The fraction of sp³-hybridized carbons (Fsp3) is 0. The van der Waals surface area contributed by atoms with E-state index in [4.69, 9.17) is 0 Å². The Bertz CT molecular complexity index is 1590. The zero-order chi connectivity index (χ0) is 29.1. The number of nitrogens with zero attached hydrogens (tertiary/aromatic N) is 4. The van der Waals surface area contributed by atoms with Crippen LogP contribution in [0.2, 0.25) is 0 Å². The minimum Gasteiger partial charge on any atom is -0.311 e. The van der Waals surface area contributed by atoms with Crippen molar-refractivity contribution >= 4 is 53.5 Å². The molecule has 0 unspecified atom stereocenters. The summed E-state index contributed by atoms with van der Waals surface area (Å²) in [6, 6.07) is 37.9. The van der Waals surface area contributed by atoms with Crippen molar-refractivity contribution in [1.29, 1.82) is 0 Å². The van der Waals surface area contributed by atoms with Crippen LogP contribution in [-0.2, 0) is 0 Å². The highest BCUT2D eigenvalue weighted by atomic mass is 15.1. The highest BCUT2D eigenvalue weighted by molar-refractivity contribution is 5.80. The van der Waals surface area contributed by atoms with Crippen LogP contribution in [0.3, 0.4) is 0 Å². The fourth-order valence-corrected chi connectivity index (χ4v) is 4.65. The summed E-state index contributed by atoms with van der Waals surface area (Å²) in [5, 5.41) is 0. The molecule has 0 aliphatic carbocycles. The third-order valence-corrected chi connectivity index (χ3v) is 6.98. The van der Waals surface area contributed by atoms with Crippen molar-refractivity contribution < 1.29 is 0 Å². The Hall–Kier alpha value is -5.87. The lowest BCUT2D eigenvalue weighted by atomic mass is 10.1. The van der Waals surface area contributed by atoms with Crippen LogP contribution in [0.4, 0.5) is 17.1 Å². The summed E-state index contributed by atoms with van der Waals surface area (Å²) in [5.41, 5.74) is 10.0. The van der Waals surface area contributed by atoms with E-state index < -0.39 is 0 Å². The van der Waals surface area contributed by atoms with Gasteiger partial charge in [0, 0.05) is 54.2 Å². The molecular formula is C39H30N4. The molecular weight excluding hydrogens is 524 g/mol. The van der Waals surface area contributed by atoms with Gasteiger partial charge in [-0.1, -0.05) is 72.9 Å². The lowest BCUT2D eigenvalue weighted by molar-refractivity contribution is 1.28. The molecule has 6 rings (SSSR count). The van der Waals surface area contributed by atoms with Crippen molar-refractivity contribution in [1.82, 2.24) is 15.0 Å². The zero-order valence-corrected chi connectivity index (χ0v) is 23.6. The average Bonchev–Trinajstić information content (AvgIpc) is 3.09. The predicted molar refractivity (Wildman–Crippen MR) is 181 cm³/mol. The number of pyridine rings is 3. The molecule has 0 spiro atoms. The molecule has 0 radical (unpaired) electrons. The summed E-state index contributed by atoms with van der Waals surface area (Å²) in [7, 11) is 0. The molecule has 206 valence electrons. The number of benzene rings is 3. The smallest absolute Gasteiger partial charge is 0.0462 e. The maximum absolute atomic E-state index is 4.10. The third kappa shape index (κ3) is 7.46. The molecule has 3 aromatic carbocycles. The molecule has 0 N–H and O–H groups in total. The summed E-state index contributed by atoms with van der Waals surface area (Å²) >= 11 is 0. The second kappa shape index (κ2) is 13.7. The van der Waals surface area contributed by atoms with Gasteiger partial charge in [-0.15, -0.1) is 0 Å². The topological polar surface area (TPSA) is 41.9 Å². The number of rotatable bonds is 9. The second-order valence-electron chi connectivity index (χ2n) is 9.95. The molecule has 0 atom stereocenters. The highest BCUT2D eigenvalue weighted by Crippen LogP contribution is 2.35. The van der Waals surface area contributed by atoms with Crippen LogP contribution in [0.5, 0.6) is 0 Å². The van der Waals surface area contributed by atoms with E-state index >= 15 is 0 Å². The van der Waals surface area contributed by atoms with E-state index in [1.165, 1.54) is 0 Å². The standard InChI is InChI=1S/C39H30N4/c1(4-34-19-25-40-26-20-34)31-7-13-37(14-8-31)43(38-15-9-32(10-16-38)2-5-35-21-27-41-28-22-35)39-17-11-33(12-18-39)3-6-36-23-29-42-30-24-36/h1-30H. The van der Waals surface area contributed by atoms with Crippen molar-refractivity contribution in [2.45, 2.75) is 0 Å². The van der Waals surface area contributed by atoms with Gasteiger partial charge in [0.25, 0.3) is 0 Å². The van der Waals surface area contributed by atoms with Gasteiger partial charge in [-0.25, -0.2) is 0 Å². The minimum atomic E-state index is 1.08. The van der Waals surface area contributed by atoms with Gasteiger partial charge in [0.15, 0.2) is 0 Å². The van der Waals surface area contributed by atoms with Crippen molar-refractivity contribution in [2.75, 3.05) is 4.90 Å². The summed E-state index contributed by atoms with van der Waals surface area (Å²) in [5.74, 6) is 0. The van der Waals surface area contributed by atoms with Gasteiger partial charge >= 0.3 is 0 Å². The number of anilines is 3. The molecule has 0 aliphatic rings. The van der Waals surface area contributed by atoms with E-state index in [2.05, 4.69) is 129 Å². The third-order valence-electron chi connectivity index (χ3n) is 6.98. The minimum absolute atomic E-state index is 1.08. The molecule has 4 nitrogen and oxygen atoms in total. The molecule has 0 amide bonds. The Balaban J connectivity index is 1.28. The monoisotopic (exact) mass is 554 g/mol. The van der Waals surface area contributed by atoms with Crippen molar-refractivity contribution in [2.24, 2.45) is 0 Å². The van der Waals surface area contributed by atoms with Crippen LogP contribution in [0.15, 0.2) is 146 Å². The first-order chi connectivity index (χ1) is 21.3. The van der Waals surface area contributed by atoms with Crippen molar-refractivity contribution in [3.63, 3.8) is 0 Å². The average molecular weight is 555 g/mol. The highest BCUT2D eigenvalue weighted by Gasteiger charge is 2.12. The van der Waals surface area contributed by atoms with Gasteiger partial charge in [0.1, 0.15) is 0 Å². The second-order valence-corrected chi connectivity index (χ2v) is 9.95. The Morgan fingerprint density at radius 3 is 0.721 bits per heavy atom. The Morgan fingerprint density at radius 2 is 0.488 bits per heavy atom. The molecule has 3 aromatic heterocycles. The molecule has 0 saturated heterocycles. The largest absolute Gasteiger partial charge is 0.311 e. The van der Waals surface area contributed by atoms with Crippen molar-refractivity contribution in [3.05, 3.63) is 180 Å². The Morgan fingerprint density at radius 1 is 0.279 bits per heavy atom. The van der Waals surface area contributed by atoms with Crippen LogP contribution >= 0.6 is 0 Å². The molecule has 0 aliphatic heterocycles. The molecule has 0 saturated carbocycles. The summed E-state index contributed by atoms with van der Waals surface area (Å²) in [6.07, 6.45) is 23.5.